The molecule has 2 amide bonds. The lowest BCUT2D eigenvalue weighted by Crippen LogP contribution is -2.64. The van der Waals surface area contributed by atoms with Crippen molar-refractivity contribution in [2.24, 2.45) is 0 Å². The van der Waals surface area contributed by atoms with Gasteiger partial charge in [0.05, 0.1) is 18.5 Å². The van der Waals surface area contributed by atoms with Crippen LogP contribution in [0.15, 0.2) is 47.8 Å². The number of amides is 2. The molecule has 1 saturated carbocycles. The van der Waals surface area contributed by atoms with E-state index in [0.29, 0.717) is 18.8 Å². The number of carbonyl (C=O) groups is 2. The Morgan fingerprint density at radius 2 is 1.97 bits per heavy atom. The molecule has 0 bridgehead atoms. The molecule has 1 aliphatic heterocycles. The van der Waals surface area contributed by atoms with E-state index < -0.39 is 5.54 Å². The average molecular weight is 479 g/mol. The van der Waals surface area contributed by atoms with Gasteiger partial charge in [-0.25, -0.2) is 0 Å². The van der Waals surface area contributed by atoms with E-state index in [9.17, 15) is 9.59 Å². The van der Waals surface area contributed by atoms with Crippen LogP contribution in [0.1, 0.15) is 55.1 Å². The van der Waals surface area contributed by atoms with Gasteiger partial charge < -0.3 is 15.0 Å². The minimum absolute atomic E-state index is 0.111. The van der Waals surface area contributed by atoms with E-state index >= 15 is 0 Å². The van der Waals surface area contributed by atoms with Crippen LogP contribution in [0.3, 0.4) is 0 Å². The molecule has 0 unspecified atom stereocenters. The first-order chi connectivity index (χ1) is 16.5. The Kier molecular flexibility index (Phi) is 6.16. The lowest BCUT2D eigenvalue weighted by molar-refractivity contribution is -0.134. The van der Waals surface area contributed by atoms with Crippen molar-refractivity contribution in [1.29, 1.82) is 0 Å². The number of methoxy groups -OCH3 is 1. The molecule has 1 atom stereocenters. The third-order valence-electron chi connectivity index (χ3n) is 7.00. The molecule has 178 valence electrons. The van der Waals surface area contributed by atoms with Crippen molar-refractivity contribution in [2.45, 2.75) is 63.7 Å². The summed E-state index contributed by atoms with van der Waals surface area (Å²) in [5, 5.41) is 9.97. The summed E-state index contributed by atoms with van der Waals surface area (Å²) in [6, 6.07) is 13.6. The minimum Gasteiger partial charge on any atom is -0.497 e. The highest BCUT2D eigenvalue weighted by molar-refractivity contribution is 7.13. The monoisotopic (exact) mass is 478 g/mol. The van der Waals surface area contributed by atoms with Crippen molar-refractivity contribution in [2.75, 3.05) is 7.11 Å². The van der Waals surface area contributed by atoms with E-state index in [1.54, 1.807) is 28.0 Å². The molecule has 1 fully saturated rings. The lowest BCUT2D eigenvalue weighted by atomic mass is 9.91. The van der Waals surface area contributed by atoms with Crippen molar-refractivity contribution >= 4 is 23.2 Å². The summed E-state index contributed by atoms with van der Waals surface area (Å²) in [6.07, 6.45) is 5.45. The highest BCUT2D eigenvalue weighted by Gasteiger charge is 2.48. The van der Waals surface area contributed by atoms with E-state index in [4.69, 9.17) is 9.84 Å². The SMILES string of the molecule is COc1ccc(CN2C(=O)c3cc(-c4cccs4)nn3C[C@@]2(C)C(=O)NC2CCCCC2)cc1. The van der Waals surface area contributed by atoms with E-state index in [1.165, 1.54) is 6.42 Å². The van der Waals surface area contributed by atoms with Crippen LogP contribution in [0.25, 0.3) is 10.6 Å². The maximum atomic E-state index is 13.8. The van der Waals surface area contributed by atoms with Crippen LogP contribution in [0.2, 0.25) is 0 Å². The molecule has 34 heavy (non-hydrogen) atoms. The summed E-state index contributed by atoms with van der Waals surface area (Å²) in [4.78, 5) is 30.2. The number of nitrogens with one attached hydrogen (secondary N) is 1. The van der Waals surface area contributed by atoms with Crippen LogP contribution >= 0.6 is 11.3 Å². The number of hydrogen-bond donors (Lipinski definition) is 1. The van der Waals surface area contributed by atoms with Crippen LogP contribution in [-0.2, 0) is 17.9 Å². The molecule has 5 rings (SSSR count). The van der Waals surface area contributed by atoms with Crippen LogP contribution in [0, 0.1) is 0 Å². The lowest BCUT2D eigenvalue weighted by Gasteiger charge is -2.44. The number of thiophene rings is 1. The van der Waals surface area contributed by atoms with E-state index in [-0.39, 0.29) is 17.9 Å². The number of nitrogens with zero attached hydrogens (tertiary/aromatic N) is 3. The number of hydrogen-bond acceptors (Lipinski definition) is 5. The molecule has 2 aliphatic rings. The van der Waals surface area contributed by atoms with Gasteiger partial charge >= 0.3 is 0 Å². The zero-order valence-corrected chi connectivity index (χ0v) is 20.4. The maximum absolute atomic E-state index is 13.8. The van der Waals surface area contributed by atoms with Crippen molar-refractivity contribution in [3.8, 4) is 16.3 Å². The third kappa shape index (κ3) is 4.22. The summed E-state index contributed by atoms with van der Waals surface area (Å²) in [7, 11) is 1.63. The van der Waals surface area contributed by atoms with Crippen LogP contribution < -0.4 is 10.1 Å². The maximum Gasteiger partial charge on any atom is 0.273 e. The first-order valence-corrected chi connectivity index (χ1v) is 12.7. The zero-order chi connectivity index (χ0) is 23.7. The van der Waals surface area contributed by atoms with Gasteiger partial charge in [-0.3, -0.25) is 14.3 Å². The summed E-state index contributed by atoms with van der Waals surface area (Å²) in [5.74, 6) is 0.462. The smallest absolute Gasteiger partial charge is 0.273 e. The standard InChI is InChI=1S/C26H30N4O3S/c1-26(25(32)27-19-7-4-3-5-8-19)17-30-22(15-21(28-30)23-9-6-14-34-23)24(31)29(26)16-18-10-12-20(33-2)13-11-18/h6,9-15,19H,3-5,7-8,16-17H2,1-2H3,(H,27,32)/t26-/m0/s1. The van der Waals surface area contributed by atoms with Gasteiger partial charge in [-0.15, -0.1) is 11.3 Å². The Morgan fingerprint density at radius 3 is 2.65 bits per heavy atom. The van der Waals surface area contributed by atoms with Crippen molar-refractivity contribution in [3.05, 3.63) is 59.1 Å². The zero-order valence-electron chi connectivity index (χ0n) is 19.6. The fourth-order valence-corrected chi connectivity index (χ4v) is 5.62. The number of fused-ring (bicyclic) bond motifs is 1. The first kappa shape index (κ1) is 22.7. The van der Waals surface area contributed by atoms with Gasteiger partial charge in [-0.05, 0) is 55.0 Å². The second kappa shape index (κ2) is 9.25. The van der Waals surface area contributed by atoms with Gasteiger partial charge in [0.2, 0.25) is 5.91 Å². The fraction of sp³-hybridized carbons (Fsp3) is 0.423. The van der Waals surface area contributed by atoms with Crippen molar-refractivity contribution < 1.29 is 14.3 Å². The molecule has 0 spiro atoms. The second-order valence-electron chi connectivity index (χ2n) is 9.37. The molecule has 1 aliphatic carbocycles. The summed E-state index contributed by atoms with van der Waals surface area (Å²) < 4.78 is 6.98. The Morgan fingerprint density at radius 1 is 1.21 bits per heavy atom. The van der Waals surface area contributed by atoms with E-state index in [2.05, 4.69) is 5.32 Å². The van der Waals surface area contributed by atoms with Crippen LogP contribution in [0.5, 0.6) is 5.75 Å². The topological polar surface area (TPSA) is 76.5 Å². The number of benzene rings is 1. The number of rotatable bonds is 6. The Bertz CT molecular complexity index is 1170. The van der Waals surface area contributed by atoms with Gasteiger partial charge in [-0.1, -0.05) is 37.5 Å². The number of carbonyl (C=O) groups excluding carboxylic acids is 2. The van der Waals surface area contributed by atoms with Gasteiger partial charge in [-0.2, -0.15) is 5.10 Å². The third-order valence-corrected chi connectivity index (χ3v) is 7.89. The molecule has 0 saturated heterocycles. The first-order valence-electron chi connectivity index (χ1n) is 11.9. The Hall–Kier alpha value is -3.13. The van der Waals surface area contributed by atoms with Gasteiger partial charge in [0, 0.05) is 12.6 Å². The summed E-state index contributed by atoms with van der Waals surface area (Å²) in [6.45, 7) is 2.51. The Labute approximate surface area is 203 Å². The summed E-state index contributed by atoms with van der Waals surface area (Å²) in [5.41, 5.74) is 1.16. The van der Waals surface area contributed by atoms with Crippen LogP contribution in [0.4, 0.5) is 0 Å². The highest BCUT2D eigenvalue weighted by atomic mass is 32.1. The quantitative estimate of drug-likeness (QED) is 0.567. The highest BCUT2D eigenvalue weighted by Crippen LogP contribution is 2.33. The van der Waals surface area contributed by atoms with Gasteiger partial charge in [0.15, 0.2) is 0 Å². The molecular weight excluding hydrogens is 448 g/mol. The molecule has 2 aromatic heterocycles. The summed E-state index contributed by atoms with van der Waals surface area (Å²) >= 11 is 1.59. The second-order valence-corrected chi connectivity index (χ2v) is 10.3. The molecule has 3 heterocycles. The Balaban J connectivity index is 1.49. The van der Waals surface area contributed by atoms with Gasteiger partial charge in [0.25, 0.3) is 5.91 Å². The molecule has 8 heteroatoms. The minimum atomic E-state index is -1.06. The average Bonchev–Trinajstić information content (AvgIpc) is 3.53. The van der Waals surface area contributed by atoms with E-state index in [1.807, 2.05) is 54.8 Å². The normalized spacial score (nSPS) is 20.8. The number of aromatic nitrogens is 2. The molecule has 1 N–H and O–H groups in total. The molecular formula is C26H30N4O3S. The fourth-order valence-electron chi connectivity index (χ4n) is 4.94. The predicted octanol–water partition coefficient (Wildman–Crippen LogP) is 4.48. The predicted molar refractivity (Wildman–Crippen MR) is 132 cm³/mol. The largest absolute Gasteiger partial charge is 0.497 e. The molecule has 1 aromatic carbocycles. The van der Waals surface area contributed by atoms with E-state index in [0.717, 1.165) is 47.6 Å². The van der Waals surface area contributed by atoms with Gasteiger partial charge in [0.1, 0.15) is 22.7 Å². The molecule has 7 nitrogen and oxygen atoms in total. The van der Waals surface area contributed by atoms with Crippen molar-refractivity contribution in [1.82, 2.24) is 20.0 Å². The van der Waals surface area contributed by atoms with Crippen molar-refractivity contribution in [3.63, 3.8) is 0 Å². The molecule has 3 aromatic rings. The molecule has 0 radical (unpaired) electrons. The number of ether oxygens (including phenoxy) is 1. The van der Waals surface area contributed by atoms with Crippen LogP contribution in [-0.4, -0.2) is 45.2 Å².